The summed E-state index contributed by atoms with van der Waals surface area (Å²) in [5.41, 5.74) is 0. The Labute approximate surface area is 120 Å². The van der Waals surface area contributed by atoms with Crippen LogP contribution in [0.1, 0.15) is 30.5 Å². The van der Waals surface area contributed by atoms with Crippen LogP contribution in [0.15, 0.2) is 12.1 Å². The third kappa shape index (κ3) is 5.74. The molecule has 2 nitrogen and oxygen atoms in total. The van der Waals surface area contributed by atoms with Crippen molar-refractivity contribution in [1.29, 1.82) is 0 Å². The molecule has 0 saturated carbocycles. The lowest BCUT2D eigenvalue weighted by atomic mass is 10.3. The van der Waals surface area contributed by atoms with Crippen molar-refractivity contribution in [3.63, 3.8) is 0 Å². The van der Waals surface area contributed by atoms with E-state index in [4.69, 9.17) is 0 Å². The lowest BCUT2D eigenvalue weighted by Gasteiger charge is -2.23. The van der Waals surface area contributed by atoms with Crippen LogP contribution in [0.2, 0.25) is 0 Å². The first-order chi connectivity index (χ1) is 8.52. The Morgan fingerprint density at radius 2 is 1.94 bits per heavy atom. The van der Waals surface area contributed by atoms with E-state index in [1.54, 1.807) is 0 Å². The minimum atomic E-state index is 0.555. The van der Waals surface area contributed by atoms with Crippen LogP contribution in [0.5, 0.6) is 0 Å². The topological polar surface area (TPSA) is 15.3 Å². The summed E-state index contributed by atoms with van der Waals surface area (Å²) in [4.78, 5) is 5.33. The van der Waals surface area contributed by atoms with E-state index in [9.17, 15) is 0 Å². The molecular formula is C14H26N2S2. The molecule has 0 aliphatic carbocycles. The van der Waals surface area contributed by atoms with Gasteiger partial charge in [0.1, 0.15) is 0 Å². The summed E-state index contributed by atoms with van der Waals surface area (Å²) >= 11 is 3.84. The molecule has 1 aromatic rings. The van der Waals surface area contributed by atoms with Crippen LogP contribution in [-0.2, 0) is 13.1 Å². The fraction of sp³-hybridized carbons (Fsp3) is 0.714. The van der Waals surface area contributed by atoms with Crippen LogP contribution in [0.25, 0.3) is 0 Å². The van der Waals surface area contributed by atoms with Crippen molar-refractivity contribution in [1.82, 2.24) is 10.2 Å². The van der Waals surface area contributed by atoms with Gasteiger partial charge in [0, 0.05) is 40.7 Å². The lowest BCUT2D eigenvalue weighted by Crippen LogP contribution is -2.30. The molecule has 0 aromatic carbocycles. The second-order valence-corrected chi connectivity index (χ2v) is 7.29. The minimum Gasteiger partial charge on any atom is -0.310 e. The van der Waals surface area contributed by atoms with Crippen LogP contribution in [0, 0.1) is 0 Å². The van der Waals surface area contributed by atoms with Crippen molar-refractivity contribution in [3.05, 3.63) is 21.9 Å². The van der Waals surface area contributed by atoms with Gasteiger partial charge in [0.05, 0.1) is 0 Å². The van der Waals surface area contributed by atoms with Crippen molar-refractivity contribution in [2.75, 3.05) is 19.1 Å². The van der Waals surface area contributed by atoms with E-state index in [1.165, 1.54) is 15.5 Å². The molecule has 0 fully saturated rings. The normalized spacial score (nSPS) is 13.5. The van der Waals surface area contributed by atoms with Crippen molar-refractivity contribution in [2.45, 2.75) is 45.9 Å². The SMILES string of the molecule is CSCC(C)N(C)Cc1ccc(CNC(C)C)s1. The number of thiophene rings is 1. The standard InChI is InChI=1S/C14H26N2S2/c1-11(2)15-8-13-6-7-14(18-13)9-16(4)12(3)10-17-5/h6-7,11-12,15H,8-10H2,1-5H3. The maximum Gasteiger partial charge on any atom is 0.0328 e. The fourth-order valence-corrected chi connectivity index (χ4v) is 3.45. The highest BCUT2D eigenvalue weighted by atomic mass is 32.2. The Morgan fingerprint density at radius 1 is 1.28 bits per heavy atom. The van der Waals surface area contributed by atoms with Crippen LogP contribution in [-0.4, -0.2) is 36.0 Å². The van der Waals surface area contributed by atoms with Gasteiger partial charge in [0.2, 0.25) is 0 Å². The molecule has 1 N–H and O–H groups in total. The summed E-state index contributed by atoms with van der Waals surface area (Å²) in [6.45, 7) is 8.73. The number of nitrogens with zero attached hydrogens (tertiary/aromatic N) is 1. The first-order valence-corrected chi connectivity index (χ1v) is 8.74. The number of nitrogens with one attached hydrogen (secondary N) is 1. The van der Waals surface area contributed by atoms with Gasteiger partial charge in [-0.1, -0.05) is 13.8 Å². The van der Waals surface area contributed by atoms with E-state index in [0.29, 0.717) is 12.1 Å². The van der Waals surface area contributed by atoms with E-state index in [1.807, 2.05) is 23.1 Å². The lowest BCUT2D eigenvalue weighted by molar-refractivity contribution is 0.272. The van der Waals surface area contributed by atoms with E-state index in [2.05, 4.69) is 56.4 Å². The van der Waals surface area contributed by atoms with Gasteiger partial charge in [-0.15, -0.1) is 11.3 Å². The van der Waals surface area contributed by atoms with Gasteiger partial charge in [-0.2, -0.15) is 11.8 Å². The quantitative estimate of drug-likeness (QED) is 0.788. The number of hydrogen-bond donors (Lipinski definition) is 1. The first-order valence-electron chi connectivity index (χ1n) is 6.53. The summed E-state index contributed by atoms with van der Waals surface area (Å²) in [7, 11) is 2.21. The zero-order chi connectivity index (χ0) is 13.5. The molecule has 0 aliphatic rings. The first kappa shape index (κ1) is 16.0. The molecule has 0 bridgehead atoms. The molecule has 1 heterocycles. The summed E-state index contributed by atoms with van der Waals surface area (Å²) in [6, 6.07) is 5.71. The van der Waals surface area contributed by atoms with Crippen molar-refractivity contribution in [3.8, 4) is 0 Å². The van der Waals surface area contributed by atoms with Crippen LogP contribution in [0.3, 0.4) is 0 Å². The van der Waals surface area contributed by atoms with E-state index >= 15 is 0 Å². The molecule has 4 heteroatoms. The summed E-state index contributed by atoms with van der Waals surface area (Å²) in [5, 5.41) is 3.46. The molecule has 1 atom stereocenters. The Bertz CT molecular complexity index is 336. The Morgan fingerprint density at radius 3 is 2.56 bits per heavy atom. The summed E-state index contributed by atoms with van der Waals surface area (Å²) in [6.07, 6.45) is 2.17. The monoisotopic (exact) mass is 286 g/mol. The molecule has 1 aromatic heterocycles. The van der Waals surface area contributed by atoms with Crippen molar-refractivity contribution < 1.29 is 0 Å². The number of hydrogen-bond acceptors (Lipinski definition) is 4. The number of rotatable bonds is 8. The molecule has 104 valence electrons. The number of thioether (sulfide) groups is 1. The summed E-state index contributed by atoms with van der Waals surface area (Å²) < 4.78 is 0. The molecule has 0 radical (unpaired) electrons. The smallest absolute Gasteiger partial charge is 0.0328 e. The molecule has 0 amide bonds. The third-order valence-electron chi connectivity index (χ3n) is 2.97. The molecule has 1 rings (SSSR count). The van der Waals surface area contributed by atoms with Gasteiger partial charge in [-0.25, -0.2) is 0 Å². The van der Waals surface area contributed by atoms with E-state index in [-0.39, 0.29) is 0 Å². The average Bonchev–Trinajstić information content (AvgIpc) is 2.74. The highest BCUT2D eigenvalue weighted by Gasteiger charge is 2.10. The maximum atomic E-state index is 3.46. The highest BCUT2D eigenvalue weighted by molar-refractivity contribution is 7.98. The van der Waals surface area contributed by atoms with Crippen molar-refractivity contribution >= 4 is 23.1 Å². The van der Waals surface area contributed by atoms with E-state index in [0.717, 1.165) is 13.1 Å². The van der Waals surface area contributed by atoms with Gasteiger partial charge < -0.3 is 5.32 Å². The zero-order valence-corrected chi connectivity index (χ0v) is 13.8. The predicted octanol–water partition coefficient (Wildman–Crippen LogP) is 3.43. The molecule has 0 aliphatic heterocycles. The Hall–Kier alpha value is -0.0300. The fourth-order valence-electron chi connectivity index (χ4n) is 1.68. The molecular weight excluding hydrogens is 260 g/mol. The maximum absolute atomic E-state index is 3.46. The minimum absolute atomic E-state index is 0.555. The third-order valence-corrected chi connectivity index (χ3v) is 4.85. The average molecular weight is 287 g/mol. The van der Waals surface area contributed by atoms with E-state index < -0.39 is 0 Å². The second kappa shape index (κ2) is 8.20. The van der Waals surface area contributed by atoms with Gasteiger partial charge in [0.15, 0.2) is 0 Å². The predicted molar refractivity (Wildman–Crippen MR) is 85.6 cm³/mol. The van der Waals surface area contributed by atoms with Crippen molar-refractivity contribution in [2.24, 2.45) is 0 Å². The van der Waals surface area contributed by atoms with Gasteiger partial charge >= 0.3 is 0 Å². The summed E-state index contributed by atoms with van der Waals surface area (Å²) in [5.74, 6) is 1.20. The molecule has 0 saturated heterocycles. The highest BCUT2D eigenvalue weighted by Crippen LogP contribution is 2.19. The van der Waals surface area contributed by atoms with Crippen LogP contribution in [0.4, 0.5) is 0 Å². The second-order valence-electron chi connectivity index (χ2n) is 5.12. The van der Waals surface area contributed by atoms with Gasteiger partial charge in [0.25, 0.3) is 0 Å². The largest absolute Gasteiger partial charge is 0.310 e. The van der Waals surface area contributed by atoms with Crippen LogP contribution < -0.4 is 5.32 Å². The zero-order valence-electron chi connectivity index (χ0n) is 12.2. The Kier molecular flexibility index (Phi) is 7.30. The molecule has 18 heavy (non-hydrogen) atoms. The van der Waals surface area contributed by atoms with Crippen LogP contribution >= 0.6 is 23.1 Å². The Balaban J connectivity index is 2.43. The van der Waals surface area contributed by atoms with Gasteiger partial charge in [-0.05, 0) is 32.4 Å². The molecule has 1 unspecified atom stereocenters. The molecule has 0 spiro atoms. The van der Waals surface area contributed by atoms with Gasteiger partial charge in [-0.3, -0.25) is 4.90 Å².